The van der Waals surface area contributed by atoms with Crippen LogP contribution in [0.1, 0.15) is 18.4 Å². The molecule has 2 unspecified atom stereocenters. The first kappa shape index (κ1) is 7.33. The molecule has 1 fully saturated rings. The van der Waals surface area contributed by atoms with Crippen LogP contribution in [-0.2, 0) is 0 Å². The van der Waals surface area contributed by atoms with Crippen molar-refractivity contribution in [2.24, 2.45) is 5.92 Å². The lowest BCUT2D eigenvalue weighted by Crippen LogP contribution is -2.32. The van der Waals surface area contributed by atoms with Crippen LogP contribution in [0.4, 0.5) is 0 Å². The molecule has 0 amide bonds. The lowest BCUT2D eigenvalue weighted by atomic mass is 9.92. The maximum Gasteiger partial charge on any atom is 0.0562 e. The van der Waals surface area contributed by atoms with Gasteiger partial charge in [-0.05, 0) is 30.9 Å². The highest BCUT2D eigenvalue weighted by atomic mass is 15.1. The number of piperidine rings is 1. The zero-order chi connectivity index (χ0) is 8.67. The van der Waals surface area contributed by atoms with Gasteiger partial charge in [-0.25, -0.2) is 0 Å². The summed E-state index contributed by atoms with van der Waals surface area (Å²) in [5.74, 6) is 0.767. The minimum absolute atomic E-state index is 0.614. The van der Waals surface area contributed by atoms with Gasteiger partial charge in [-0.15, -0.1) is 0 Å². The van der Waals surface area contributed by atoms with Gasteiger partial charge in [-0.3, -0.25) is 5.10 Å². The summed E-state index contributed by atoms with van der Waals surface area (Å²) in [5.41, 5.74) is 2.76. The van der Waals surface area contributed by atoms with E-state index in [1.54, 1.807) is 0 Å². The Balaban J connectivity index is 1.96. The van der Waals surface area contributed by atoms with E-state index in [1.165, 1.54) is 24.0 Å². The average molecular weight is 175 g/mol. The van der Waals surface area contributed by atoms with Gasteiger partial charge in [0.1, 0.15) is 0 Å². The summed E-state index contributed by atoms with van der Waals surface area (Å²) in [5, 5.41) is 10.4. The first-order valence-electron chi connectivity index (χ1n) is 4.88. The van der Waals surface area contributed by atoms with E-state index in [4.69, 9.17) is 0 Å². The first-order valence-corrected chi connectivity index (χ1v) is 4.88. The number of hydrogen-bond acceptors (Lipinski definition) is 2. The fourth-order valence-electron chi connectivity index (χ4n) is 2.45. The van der Waals surface area contributed by atoms with Crippen molar-refractivity contribution < 1.29 is 0 Å². The van der Waals surface area contributed by atoms with Gasteiger partial charge in [0.15, 0.2) is 0 Å². The molecular formula is C10H13N3. The maximum atomic E-state index is 3.99. The minimum Gasteiger partial charge on any atom is -0.310 e. The van der Waals surface area contributed by atoms with Gasteiger partial charge in [0.05, 0.1) is 6.20 Å². The van der Waals surface area contributed by atoms with Crippen LogP contribution in [0.25, 0.3) is 5.57 Å². The molecule has 68 valence electrons. The number of aromatic amines is 1. The van der Waals surface area contributed by atoms with Crippen molar-refractivity contribution in [3.05, 3.63) is 24.0 Å². The van der Waals surface area contributed by atoms with E-state index >= 15 is 0 Å². The Morgan fingerprint density at radius 2 is 2.46 bits per heavy atom. The number of nitrogens with zero attached hydrogens (tertiary/aromatic N) is 1. The molecule has 2 aliphatic rings. The molecule has 1 aliphatic carbocycles. The number of hydrogen-bond donors (Lipinski definition) is 2. The summed E-state index contributed by atoms with van der Waals surface area (Å²) < 4.78 is 0. The van der Waals surface area contributed by atoms with Gasteiger partial charge >= 0.3 is 0 Å². The van der Waals surface area contributed by atoms with Crippen molar-refractivity contribution in [2.75, 3.05) is 6.54 Å². The van der Waals surface area contributed by atoms with Crippen LogP contribution >= 0.6 is 0 Å². The maximum absolute atomic E-state index is 3.99. The van der Waals surface area contributed by atoms with E-state index in [0.29, 0.717) is 6.04 Å². The molecule has 13 heavy (non-hydrogen) atoms. The molecule has 1 aromatic rings. The van der Waals surface area contributed by atoms with E-state index in [1.807, 2.05) is 12.4 Å². The molecule has 1 aromatic heterocycles. The monoisotopic (exact) mass is 175 g/mol. The summed E-state index contributed by atoms with van der Waals surface area (Å²) in [7, 11) is 0. The third kappa shape index (κ3) is 1.11. The summed E-state index contributed by atoms with van der Waals surface area (Å²) in [4.78, 5) is 0. The molecule has 3 heteroatoms. The van der Waals surface area contributed by atoms with Crippen LogP contribution in [0, 0.1) is 5.92 Å². The van der Waals surface area contributed by atoms with Crippen LogP contribution in [0.2, 0.25) is 0 Å². The van der Waals surface area contributed by atoms with Crippen LogP contribution < -0.4 is 5.32 Å². The molecule has 0 saturated carbocycles. The molecule has 0 radical (unpaired) electrons. The summed E-state index contributed by atoms with van der Waals surface area (Å²) >= 11 is 0. The Labute approximate surface area is 77.2 Å². The number of rotatable bonds is 1. The lowest BCUT2D eigenvalue weighted by Gasteiger charge is -2.21. The van der Waals surface area contributed by atoms with Gasteiger partial charge in [-0.2, -0.15) is 5.10 Å². The number of H-pyrrole nitrogens is 1. The van der Waals surface area contributed by atoms with Gasteiger partial charge in [0, 0.05) is 17.8 Å². The second kappa shape index (κ2) is 2.70. The number of allylic oxidation sites excluding steroid dienone is 1. The molecule has 2 bridgehead atoms. The fourth-order valence-corrected chi connectivity index (χ4v) is 2.45. The smallest absolute Gasteiger partial charge is 0.0562 e. The number of fused-ring (bicyclic) bond motifs is 2. The highest BCUT2D eigenvalue weighted by Gasteiger charge is 2.30. The summed E-state index contributed by atoms with van der Waals surface area (Å²) in [6, 6.07) is 0.614. The molecule has 1 saturated heterocycles. The third-order valence-electron chi connectivity index (χ3n) is 3.09. The third-order valence-corrected chi connectivity index (χ3v) is 3.09. The largest absolute Gasteiger partial charge is 0.310 e. The predicted octanol–water partition coefficient (Wildman–Crippen LogP) is 1.17. The Morgan fingerprint density at radius 3 is 3.23 bits per heavy atom. The summed E-state index contributed by atoms with van der Waals surface area (Å²) in [6.45, 7) is 1.16. The molecule has 2 heterocycles. The second-order valence-electron chi connectivity index (χ2n) is 3.89. The molecule has 3 nitrogen and oxygen atoms in total. The number of aromatic nitrogens is 2. The Morgan fingerprint density at radius 1 is 1.46 bits per heavy atom. The van der Waals surface area contributed by atoms with Crippen molar-refractivity contribution in [3.8, 4) is 0 Å². The standard InChI is InChI=1S/C10H13N3/c1-2-11-9-3-7(1)10(4-9)8-5-12-13-6-8/h4-7,9,11H,1-3H2,(H,12,13). The van der Waals surface area contributed by atoms with Crippen molar-refractivity contribution in [2.45, 2.75) is 18.9 Å². The van der Waals surface area contributed by atoms with Crippen LogP contribution in [0.15, 0.2) is 18.5 Å². The fraction of sp³-hybridized carbons (Fsp3) is 0.500. The van der Waals surface area contributed by atoms with E-state index < -0.39 is 0 Å². The van der Waals surface area contributed by atoms with E-state index in [-0.39, 0.29) is 0 Å². The lowest BCUT2D eigenvalue weighted by molar-refractivity contribution is 0.419. The molecule has 0 aromatic carbocycles. The van der Waals surface area contributed by atoms with Crippen LogP contribution in [0.3, 0.4) is 0 Å². The molecule has 2 N–H and O–H groups in total. The van der Waals surface area contributed by atoms with Gasteiger partial charge in [-0.1, -0.05) is 6.08 Å². The van der Waals surface area contributed by atoms with E-state index in [0.717, 1.165) is 12.5 Å². The minimum atomic E-state index is 0.614. The van der Waals surface area contributed by atoms with Crippen LogP contribution in [-0.4, -0.2) is 22.8 Å². The first-order chi connectivity index (χ1) is 6.43. The zero-order valence-electron chi connectivity index (χ0n) is 7.46. The number of nitrogens with one attached hydrogen (secondary N) is 2. The SMILES string of the molecule is C1=C(c2cn[nH]c2)C2CCNC1C2. The van der Waals surface area contributed by atoms with Crippen molar-refractivity contribution in [3.63, 3.8) is 0 Å². The van der Waals surface area contributed by atoms with E-state index in [9.17, 15) is 0 Å². The quantitative estimate of drug-likeness (QED) is 0.672. The highest BCUT2D eigenvalue weighted by molar-refractivity contribution is 5.69. The predicted molar refractivity (Wildman–Crippen MR) is 51.1 cm³/mol. The van der Waals surface area contributed by atoms with Crippen molar-refractivity contribution >= 4 is 5.57 Å². The Bertz CT molecular complexity index is 326. The van der Waals surface area contributed by atoms with Crippen molar-refractivity contribution in [1.82, 2.24) is 15.5 Å². The van der Waals surface area contributed by atoms with Gasteiger partial charge < -0.3 is 5.32 Å². The summed E-state index contributed by atoms with van der Waals surface area (Å²) in [6.07, 6.45) is 8.83. The van der Waals surface area contributed by atoms with E-state index in [2.05, 4.69) is 21.6 Å². The molecular weight excluding hydrogens is 162 g/mol. The second-order valence-corrected chi connectivity index (χ2v) is 3.89. The molecule has 0 spiro atoms. The van der Waals surface area contributed by atoms with Gasteiger partial charge in [0.25, 0.3) is 0 Å². The zero-order valence-corrected chi connectivity index (χ0v) is 7.46. The Kier molecular flexibility index (Phi) is 1.52. The molecule has 2 atom stereocenters. The Hall–Kier alpha value is -1.09. The van der Waals surface area contributed by atoms with Crippen LogP contribution in [0.5, 0.6) is 0 Å². The topological polar surface area (TPSA) is 40.7 Å². The molecule has 1 aliphatic heterocycles. The molecule has 3 rings (SSSR count). The highest BCUT2D eigenvalue weighted by Crippen LogP contribution is 2.37. The van der Waals surface area contributed by atoms with Gasteiger partial charge in [0.2, 0.25) is 0 Å². The average Bonchev–Trinajstić information content (AvgIpc) is 2.74. The normalized spacial score (nSPS) is 31.8. The van der Waals surface area contributed by atoms with Crippen molar-refractivity contribution in [1.29, 1.82) is 0 Å².